The zero-order valence-corrected chi connectivity index (χ0v) is 8.01. The Morgan fingerprint density at radius 1 is 1.38 bits per heavy atom. The van der Waals surface area contributed by atoms with Crippen LogP contribution in [0, 0.1) is 0 Å². The summed E-state index contributed by atoms with van der Waals surface area (Å²) in [5.41, 5.74) is 1.17. The van der Waals surface area contributed by atoms with Crippen molar-refractivity contribution in [1.82, 2.24) is 4.57 Å². The van der Waals surface area contributed by atoms with Gasteiger partial charge in [-0.3, -0.25) is 0 Å². The average molecular weight is 197 g/mol. The summed E-state index contributed by atoms with van der Waals surface area (Å²) in [6.07, 6.45) is 0. The number of para-hydroxylation sites is 1. The fraction of sp³-hybridized carbons (Fsp3) is 0.125. The van der Waals surface area contributed by atoms with E-state index in [1.807, 2.05) is 23.7 Å². The highest BCUT2D eigenvalue weighted by Gasteiger charge is 1.99. The lowest BCUT2D eigenvalue weighted by molar-refractivity contribution is 0.824. The Hall–Kier alpha value is -1.33. The van der Waals surface area contributed by atoms with E-state index in [2.05, 4.69) is 17.2 Å². The number of aromatic nitrogens is 1. The minimum Gasteiger partial charge on any atom is -0.412 e. The van der Waals surface area contributed by atoms with Gasteiger partial charge in [-0.05, 0) is 12.1 Å². The third kappa shape index (κ3) is 1.43. The smallest absolute Gasteiger partial charge is 0.208 e. The van der Waals surface area contributed by atoms with Crippen LogP contribution in [0.1, 0.15) is 0 Å². The molecular weight excluding hydrogens is 186 g/mol. The predicted molar refractivity (Wildman–Crippen MR) is 54.2 cm³/mol. The molecule has 0 bridgehead atoms. The number of rotatable bonds is 0. The summed E-state index contributed by atoms with van der Waals surface area (Å²) in [6.45, 7) is 0. The zero-order chi connectivity index (χ0) is 8.55. The predicted octanol–water partition coefficient (Wildman–Crippen LogP) is 0.189. The molecule has 1 aromatic heterocycles. The van der Waals surface area contributed by atoms with Gasteiger partial charge in [0.2, 0.25) is 4.80 Å². The molecule has 70 valence electrons. The molecular formula is C8H11N3OS. The summed E-state index contributed by atoms with van der Waals surface area (Å²) in [5, 5.41) is 3.69. The van der Waals surface area contributed by atoms with Gasteiger partial charge in [0.25, 0.3) is 0 Å². The number of hydrogen-bond acceptors (Lipinski definition) is 3. The first-order valence-corrected chi connectivity index (χ1v) is 4.43. The number of fused-ring (bicyclic) bond motifs is 1. The Kier molecular flexibility index (Phi) is 2.69. The Bertz CT molecular complexity index is 471. The van der Waals surface area contributed by atoms with Crippen LogP contribution in [0.3, 0.4) is 0 Å². The Morgan fingerprint density at radius 3 is 2.69 bits per heavy atom. The molecule has 1 heterocycles. The van der Waals surface area contributed by atoms with Gasteiger partial charge in [-0.2, -0.15) is 5.10 Å². The molecule has 4 nitrogen and oxygen atoms in total. The highest BCUT2D eigenvalue weighted by molar-refractivity contribution is 7.16. The van der Waals surface area contributed by atoms with Crippen LogP contribution in [0.15, 0.2) is 29.4 Å². The van der Waals surface area contributed by atoms with Crippen molar-refractivity contribution in [2.45, 2.75) is 0 Å². The normalized spacial score (nSPS) is 11.6. The van der Waals surface area contributed by atoms with E-state index in [-0.39, 0.29) is 5.48 Å². The lowest BCUT2D eigenvalue weighted by atomic mass is 10.3. The molecule has 2 rings (SSSR count). The molecule has 0 atom stereocenters. The van der Waals surface area contributed by atoms with Crippen LogP contribution >= 0.6 is 11.3 Å². The van der Waals surface area contributed by atoms with E-state index in [1.54, 1.807) is 11.3 Å². The third-order valence-corrected chi connectivity index (χ3v) is 2.95. The van der Waals surface area contributed by atoms with Crippen LogP contribution in [0.25, 0.3) is 10.2 Å². The Balaban J connectivity index is 0.000000845. The fourth-order valence-corrected chi connectivity index (χ4v) is 2.14. The summed E-state index contributed by atoms with van der Waals surface area (Å²) in [5.74, 6) is 5.23. The number of aryl methyl sites for hydroxylation is 1. The topological polar surface area (TPSA) is 74.8 Å². The van der Waals surface area contributed by atoms with Crippen molar-refractivity contribution in [2.24, 2.45) is 18.0 Å². The average Bonchev–Trinajstić information content (AvgIpc) is 2.44. The van der Waals surface area contributed by atoms with Crippen LogP contribution in [0.2, 0.25) is 0 Å². The largest absolute Gasteiger partial charge is 0.412 e. The second kappa shape index (κ2) is 3.59. The van der Waals surface area contributed by atoms with Gasteiger partial charge < -0.3 is 15.9 Å². The summed E-state index contributed by atoms with van der Waals surface area (Å²) in [7, 11) is 1.96. The lowest BCUT2D eigenvalue weighted by Crippen LogP contribution is -2.11. The molecule has 0 saturated heterocycles. The molecule has 2 aromatic rings. The van der Waals surface area contributed by atoms with E-state index in [0.29, 0.717) is 0 Å². The maximum absolute atomic E-state index is 5.23. The van der Waals surface area contributed by atoms with Crippen LogP contribution in [0.5, 0.6) is 0 Å². The van der Waals surface area contributed by atoms with E-state index >= 15 is 0 Å². The van der Waals surface area contributed by atoms with Crippen molar-refractivity contribution in [3.8, 4) is 0 Å². The number of thiazole rings is 1. The highest BCUT2D eigenvalue weighted by Crippen LogP contribution is 2.14. The first-order valence-electron chi connectivity index (χ1n) is 3.61. The van der Waals surface area contributed by atoms with Gasteiger partial charge in [0.1, 0.15) is 0 Å². The molecule has 5 heteroatoms. The molecule has 0 unspecified atom stereocenters. The summed E-state index contributed by atoms with van der Waals surface area (Å²) in [6, 6.07) is 8.14. The summed E-state index contributed by atoms with van der Waals surface area (Å²) >= 11 is 1.60. The van der Waals surface area contributed by atoms with Crippen molar-refractivity contribution in [3.05, 3.63) is 29.1 Å². The van der Waals surface area contributed by atoms with Crippen molar-refractivity contribution >= 4 is 21.6 Å². The Labute approximate surface area is 79.2 Å². The van der Waals surface area contributed by atoms with E-state index in [9.17, 15) is 0 Å². The summed E-state index contributed by atoms with van der Waals surface area (Å²) in [4.78, 5) is 0.844. The number of nitrogens with two attached hydrogens (primary N) is 1. The maximum atomic E-state index is 5.23. The standard InChI is InChI=1S/C8H9N3S.H2O/c1-11-6-4-2-3-5-7(6)12-8(11)10-9;/h2-5H,9H2,1H3;1H2. The maximum Gasteiger partial charge on any atom is 0.208 e. The molecule has 0 aliphatic heterocycles. The van der Waals surface area contributed by atoms with Crippen LogP contribution in [-0.2, 0) is 7.05 Å². The molecule has 1 aromatic carbocycles. The molecule has 0 radical (unpaired) electrons. The fourth-order valence-electron chi connectivity index (χ4n) is 1.20. The van der Waals surface area contributed by atoms with Gasteiger partial charge in [-0.25, -0.2) is 0 Å². The van der Waals surface area contributed by atoms with Gasteiger partial charge in [0, 0.05) is 7.05 Å². The molecule has 0 amide bonds. The van der Waals surface area contributed by atoms with E-state index in [0.717, 1.165) is 4.80 Å². The monoisotopic (exact) mass is 197 g/mol. The third-order valence-electron chi connectivity index (χ3n) is 1.83. The summed E-state index contributed by atoms with van der Waals surface area (Å²) < 4.78 is 3.20. The van der Waals surface area contributed by atoms with Crippen LogP contribution < -0.4 is 10.6 Å². The molecule has 0 aliphatic rings. The minimum atomic E-state index is 0. The van der Waals surface area contributed by atoms with Crippen LogP contribution in [-0.4, -0.2) is 10.0 Å². The molecule has 0 fully saturated rings. The van der Waals surface area contributed by atoms with Crippen molar-refractivity contribution < 1.29 is 5.48 Å². The number of nitrogens with zero attached hydrogens (tertiary/aromatic N) is 2. The molecule has 4 N–H and O–H groups in total. The highest BCUT2D eigenvalue weighted by atomic mass is 32.1. The van der Waals surface area contributed by atoms with Crippen molar-refractivity contribution in [2.75, 3.05) is 0 Å². The van der Waals surface area contributed by atoms with E-state index in [4.69, 9.17) is 5.84 Å². The second-order valence-corrected chi connectivity index (χ2v) is 3.55. The molecule has 13 heavy (non-hydrogen) atoms. The van der Waals surface area contributed by atoms with Gasteiger partial charge in [-0.15, -0.1) is 0 Å². The van der Waals surface area contributed by atoms with E-state index in [1.165, 1.54) is 10.2 Å². The van der Waals surface area contributed by atoms with Crippen molar-refractivity contribution in [3.63, 3.8) is 0 Å². The van der Waals surface area contributed by atoms with Gasteiger partial charge in [0.05, 0.1) is 10.2 Å². The number of hydrogen-bond donors (Lipinski definition) is 1. The van der Waals surface area contributed by atoms with E-state index < -0.39 is 0 Å². The molecule has 0 spiro atoms. The number of benzene rings is 1. The SMILES string of the molecule is Cn1c(=NN)sc2ccccc21.O. The lowest BCUT2D eigenvalue weighted by Gasteiger charge is -1.91. The first-order chi connectivity index (χ1) is 5.83. The minimum absolute atomic E-state index is 0. The second-order valence-electron chi connectivity index (χ2n) is 2.54. The quantitative estimate of drug-likeness (QED) is 0.475. The van der Waals surface area contributed by atoms with Gasteiger partial charge in [0.15, 0.2) is 0 Å². The molecule has 0 aliphatic carbocycles. The molecule has 0 saturated carbocycles. The zero-order valence-electron chi connectivity index (χ0n) is 7.19. The van der Waals surface area contributed by atoms with Crippen LogP contribution in [0.4, 0.5) is 0 Å². The van der Waals surface area contributed by atoms with Crippen molar-refractivity contribution in [1.29, 1.82) is 0 Å². The van der Waals surface area contributed by atoms with Gasteiger partial charge in [-0.1, -0.05) is 23.5 Å². The first kappa shape index (κ1) is 9.76. The Morgan fingerprint density at radius 2 is 2.08 bits per heavy atom. The van der Waals surface area contributed by atoms with Gasteiger partial charge >= 0.3 is 0 Å².